The third kappa shape index (κ3) is 1.02. The highest BCUT2D eigenvalue weighted by atomic mass is 35.5. The minimum atomic E-state index is -0.898. The topological polar surface area (TPSA) is 42.3 Å². The van der Waals surface area contributed by atoms with E-state index in [9.17, 15) is 9.59 Å². The van der Waals surface area contributed by atoms with Gasteiger partial charge in [0.1, 0.15) is 21.6 Å². The van der Waals surface area contributed by atoms with Gasteiger partial charge in [-0.15, -0.1) is 0 Å². The van der Waals surface area contributed by atoms with Gasteiger partial charge in [0.2, 0.25) is 0 Å². The molecule has 1 aromatic rings. The Hall–Kier alpha value is -0.420. The molecule has 0 fully saturated rings. The molecule has 0 aromatic carbocycles. The number of ketones is 1. The number of anilines is 1. The van der Waals surface area contributed by atoms with Crippen molar-refractivity contribution in [1.82, 2.24) is 4.09 Å². The molecule has 8 heteroatoms. The highest BCUT2D eigenvalue weighted by Gasteiger charge is 2.42. The fourth-order valence-corrected chi connectivity index (χ4v) is 2.15. The van der Waals surface area contributed by atoms with Crippen LogP contribution in [0, 0.1) is 0 Å². The molecule has 74 valence electrons. The first kappa shape index (κ1) is 10.1. The van der Waals surface area contributed by atoms with Crippen molar-refractivity contribution in [3.8, 4) is 0 Å². The maximum absolute atomic E-state index is 11.3. The van der Waals surface area contributed by atoms with Gasteiger partial charge in [0.25, 0.3) is 5.78 Å². The zero-order chi connectivity index (χ0) is 10.6. The van der Waals surface area contributed by atoms with Crippen LogP contribution in [-0.2, 0) is 4.79 Å². The van der Waals surface area contributed by atoms with E-state index >= 15 is 0 Å². The fourth-order valence-electron chi connectivity index (χ4n) is 1.15. The third-order valence-electron chi connectivity index (χ3n) is 1.77. The Balaban J connectivity index is 2.81. The summed E-state index contributed by atoms with van der Waals surface area (Å²) in [5.41, 5.74) is -0.0787. The van der Waals surface area contributed by atoms with Crippen LogP contribution in [0.3, 0.4) is 0 Å². The Morgan fingerprint density at radius 2 is 1.64 bits per heavy atom. The monoisotopic (exact) mass is 272 g/mol. The lowest BCUT2D eigenvalue weighted by Gasteiger charge is -2.02. The standard InChI is InChI=1S/C6Cl4N2O2/c7-1-2-3(11(9)5(1)8)4(13)6(14)12(2)10. The molecule has 1 amide bonds. The van der Waals surface area contributed by atoms with Crippen LogP contribution in [0.2, 0.25) is 10.2 Å². The van der Waals surface area contributed by atoms with Crippen LogP contribution in [0.1, 0.15) is 10.5 Å². The zero-order valence-corrected chi connectivity index (χ0v) is 9.25. The second-order valence-electron chi connectivity index (χ2n) is 2.50. The number of amides is 1. The van der Waals surface area contributed by atoms with Crippen LogP contribution < -0.4 is 4.42 Å². The Morgan fingerprint density at radius 3 is 2.14 bits per heavy atom. The molecule has 0 spiro atoms. The molecule has 0 unspecified atom stereocenters. The highest BCUT2D eigenvalue weighted by Crippen LogP contribution is 2.44. The van der Waals surface area contributed by atoms with Gasteiger partial charge in [0, 0.05) is 23.6 Å². The van der Waals surface area contributed by atoms with E-state index in [0.717, 1.165) is 4.09 Å². The summed E-state index contributed by atoms with van der Waals surface area (Å²) in [4.78, 5) is 22.4. The SMILES string of the molecule is O=C1C(=O)N(Cl)c2c(Cl)c(Cl)n(Cl)c21. The Labute approximate surface area is 98.1 Å². The Morgan fingerprint density at radius 1 is 1.07 bits per heavy atom. The molecule has 2 rings (SSSR count). The van der Waals surface area contributed by atoms with Crippen LogP contribution in [0.5, 0.6) is 0 Å². The van der Waals surface area contributed by atoms with Crippen molar-refractivity contribution < 1.29 is 9.59 Å². The van der Waals surface area contributed by atoms with Gasteiger partial charge < -0.3 is 0 Å². The van der Waals surface area contributed by atoms with Crippen molar-refractivity contribution in [1.29, 1.82) is 0 Å². The number of nitrogens with zero attached hydrogens (tertiary/aromatic N) is 2. The second-order valence-corrected chi connectivity index (χ2v) is 3.91. The van der Waals surface area contributed by atoms with Crippen molar-refractivity contribution in [3.05, 3.63) is 15.9 Å². The van der Waals surface area contributed by atoms with Gasteiger partial charge in [-0.25, -0.2) is 8.51 Å². The van der Waals surface area contributed by atoms with E-state index in [4.69, 9.17) is 46.8 Å². The normalized spacial score (nSPS) is 15.3. The third-order valence-corrected chi connectivity index (χ3v) is 3.33. The molecule has 1 aromatic heterocycles. The first-order valence-corrected chi connectivity index (χ1v) is 4.70. The van der Waals surface area contributed by atoms with E-state index in [2.05, 4.69) is 0 Å². The maximum Gasteiger partial charge on any atom is 0.315 e. The molecule has 14 heavy (non-hydrogen) atoms. The quantitative estimate of drug-likeness (QED) is 0.538. The number of aromatic nitrogens is 1. The number of halogens is 4. The van der Waals surface area contributed by atoms with Crippen molar-refractivity contribution in [2.45, 2.75) is 0 Å². The van der Waals surface area contributed by atoms with Gasteiger partial charge in [0.05, 0.1) is 0 Å². The van der Waals surface area contributed by atoms with E-state index in [1.165, 1.54) is 0 Å². The molecule has 0 atom stereocenters. The maximum atomic E-state index is 11.3. The molecule has 0 saturated heterocycles. The van der Waals surface area contributed by atoms with Crippen LogP contribution >= 0.6 is 46.8 Å². The summed E-state index contributed by atoms with van der Waals surface area (Å²) in [6.45, 7) is 0. The summed E-state index contributed by atoms with van der Waals surface area (Å²) in [6.07, 6.45) is 0. The average molecular weight is 274 g/mol. The van der Waals surface area contributed by atoms with Crippen molar-refractivity contribution in [2.75, 3.05) is 4.42 Å². The lowest BCUT2D eigenvalue weighted by Crippen LogP contribution is -2.21. The predicted molar refractivity (Wildman–Crippen MR) is 53.4 cm³/mol. The smallest absolute Gasteiger partial charge is 0.281 e. The lowest BCUT2D eigenvalue weighted by molar-refractivity contribution is -0.113. The largest absolute Gasteiger partial charge is 0.315 e. The van der Waals surface area contributed by atoms with E-state index in [1.54, 1.807) is 0 Å². The summed E-state index contributed by atoms with van der Waals surface area (Å²) >= 11 is 22.5. The summed E-state index contributed by atoms with van der Waals surface area (Å²) < 4.78 is 1.41. The Bertz CT molecular complexity index is 467. The summed E-state index contributed by atoms with van der Waals surface area (Å²) in [5, 5.41) is -0.0734. The van der Waals surface area contributed by atoms with Gasteiger partial charge in [-0.05, 0) is 0 Å². The van der Waals surface area contributed by atoms with Crippen LogP contribution in [-0.4, -0.2) is 15.8 Å². The first-order chi connectivity index (χ1) is 6.46. The van der Waals surface area contributed by atoms with E-state index in [0.29, 0.717) is 4.42 Å². The summed E-state index contributed by atoms with van der Waals surface area (Å²) in [7, 11) is 0. The van der Waals surface area contributed by atoms with Crippen LogP contribution in [0.4, 0.5) is 5.69 Å². The second kappa shape index (κ2) is 3.03. The summed E-state index contributed by atoms with van der Waals surface area (Å²) in [6, 6.07) is 0. The Kier molecular flexibility index (Phi) is 2.19. The van der Waals surface area contributed by atoms with Crippen molar-refractivity contribution in [2.24, 2.45) is 0 Å². The number of fused-ring (bicyclic) bond motifs is 1. The molecule has 0 saturated carbocycles. The van der Waals surface area contributed by atoms with Gasteiger partial charge in [-0.2, -0.15) is 0 Å². The molecular weight excluding hydrogens is 274 g/mol. The number of carbonyl (C=O) groups is 2. The minimum Gasteiger partial charge on any atom is -0.281 e. The molecule has 1 aliphatic heterocycles. The molecule has 0 N–H and O–H groups in total. The molecule has 0 radical (unpaired) electrons. The van der Waals surface area contributed by atoms with Crippen LogP contribution in [0.15, 0.2) is 0 Å². The predicted octanol–water partition coefficient (Wildman–Crippen LogP) is 2.48. The van der Waals surface area contributed by atoms with Crippen molar-refractivity contribution in [3.63, 3.8) is 0 Å². The van der Waals surface area contributed by atoms with Gasteiger partial charge in [-0.3, -0.25) is 9.59 Å². The lowest BCUT2D eigenvalue weighted by atomic mass is 10.3. The van der Waals surface area contributed by atoms with E-state index in [1.807, 2.05) is 0 Å². The van der Waals surface area contributed by atoms with Gasteiger partial charge in [0.15, 0.2) is 0 Å². The van der Waals surface area contributed by atoms with Gasteiger partial charge >= 0.3 is 5.91 Å². The van der Waals surface area contributed by atoms with E-state index in [-0.39, 0.29) is 21.6 Å². The summed E-state index contributed by atoms with van der Waals surface area (Å²) in [5.74, 6) is -1.73. The molecular formula is C6Cl4N2O2. The van der Waals surface area contributed by atoms with Crippen LogP contribution in [0.25, 0.3) is 0 Å². The number of rotatable bonds is 0. The zero-order valence-electron chi connectivity index (χ0n) is 6.22. The first-order valence-electron chi connectivity index (χ1n) is 3.27. The molecule has 1 aliphatic rings. The van der Waals surface area contributed by atoms with Gasteiger partial charge in [-0.1, -0.05) is 23.2 Å². The fraction of sp³-hybridized carbons (Fsp3) is 0. The number of hydrogen-bond donors (Lipinski definition) is 0. The molecule has 0 aliphatic carbocycles. The molecule has 2 heterocycles. The van der Waals surface area contributed by atoms with E-state index < -0.39 is 11.7 Å². The number of Topliss-reactive ketones (excluding diaryl/α,β-unsaturated/α-hetero) is 1. The molecule has 4 nitrogen and oxygen atoms in total. The number of hydrogen-bond acceptors (Lipinski definition) is 2. The molecule has 0 bridgehead atoms. The minimum absolute atomic E-state index is 0.0223. The highest BCUT2D eigenvalue weighted by molar-refractivity contribution is 6.64. The number of carbonyl (C=O) groups excluding carboxylic acids is 2. The van der Waals surface area contributed by atoms with Crippen molar-refractivity contribution >= 4 is 64.1 Å². The average Bonchev–Trinajstić information content (AvgIpc) is 2.51.